The highest BCUT2D eigenvalue weighted by molar-refractivity contribution is 5.55. The summed E-state index contributed by atoms with van der Waals surface area (Å²) >= 11 is 0. The maximum absolute atomic E-state index is 10.4. The Morgan fingerprint density at radius 3 is 3.15 bits per heavy atom. The van der Waals surface area contributed by atoms with Crippen molar-refractivity contribution in [2.24, 2.45) is 0 Å². The molecule has 0 aliphatic carbocycles. The van der Waals surface area contributed by atoms with Crippen molar-refractivity contribution < 1.29 is 14.7 Å². The third-order valence-corrected chi connectivity index (χ3v) is 2.01. The fourth-order valence-corrected chi connectivity index (χ4v) is 1.35. The summed E-state index contributed by atoms with van der Waals surface area (Å²) in [6.07, 6.45) is 2.24. The van der Waals surface area contributed by atoms with Crippen LogP contribution in [0.1, 0.15) is 6.42 Å². The zero-order valence-electron chi connectivity index (χ0n) is 7.40. The fourth-order valence-electron chi connectivity index (χ4n) is 1.35. The molecular weight excluding hydrogens is 170 g/mol. The molecule has 0 unspecified atom stereocenters. The van der Waals surface area contributed by atoms with Gasteiger partial charge in [-0.25, -0.2) is 4.79 Å². The molecule has 0 radical (unpaired) electrons. The molecule has 0 aromatic rings. The van der Waals surface area contributed by atoms with Crippen molar-refractivity contribution in [2.75, 3.05) is 19.8 Å². The highest BCUT2D eigenvalue weighted by Gasteiger charge is 2.30. The van der Waals surface area contributed by atoms with Crippen LogP contribution < -0.4 is 0 Å². The number of hydrogen-bond acceptors (Lipinski definition) is 4. The van der Waals surface area contributed by atoms with E-state index in [1.807, 2.05) is 5.94 Å². The molecule has 13 heavy (non-hydrogen) atoms. The van der Waals surface area contributed by atoms with Gasteiger partial charge in [-0.3, -0.25) is 4.84 Å². The van der Waals surface area contributed by atoms with Crippen molar-refractivity contribution in [3.05, 3.63) is 18.2 Å². The van der Waals surface area contributed by atoms with E-state index in [0.717, 1.165) is 0 Å². The second-order valence-corrected chi connectivity index (χ2v) is 2.80. The first-order valence-corrected chi connectivity index (χ1v) is 4.18. The van der Waals surface area contributed by atoms with Crippen LogP contribution in [-0.2, 0) is 9.63 Å². The van der Waals surface area contributed by atoms with Crippen molar-refractivity contribution in [1.29, 1.82) is 0 Å². The summed E-state index contributed by atoms with van der Waals surface area (Å²) < 4.78 is 0. The molecule has 1 saturated heterocycles. The van der Waals surface area contributed by atoms with Gasteiger partial charge in [-0.2, -0.15) is 5.06 Å². The third-order valence-electron chi connectivity index (χ3n) is 2.01. The summed E-state index contributed by atoms with van der Waals surface area (Å²) in [5, 5.41) is 10.6. The number of hydrogen-bond donors (Lipinski definition) is 1. The first-order valence-electron chi connectivity index (χ1n) is 4.18. The Hall–Kier alpha value is -0.930. The van der Waals surface area contributed by atoms with Crippen LogP contribution in [0.2, 0.25) is 0 Å². The van der Waals surface area contributed by atoms with Crippen LogP contribution in [-0.4, -0.2) is 41.9 Å². The Bertz CT molecular complexity index is 233. The van der Waals surface area contributed by atoms with Crippen LogP contribution in [0.15, 0.2) is 18.2 Å². The van der Waals surface area contributed by atoms with Gasteiger partial charge in [0.1, 0.15) is 5.94 Å². The van der Waals surface area contributed by atoms with Crippen LogP contribution in [0, 0.1) is 0 Å². The minimum absolute atomic E-state index is 0.109. The van der Waals surface area contributed by atoms with E-state index in [4.69, 9.17) is 9.94 Å². The Balaban J connectivity index is 2.57. The molecule has 1 aliphatic heterocycles. The van der Waals surface area contributed by atoms with E-state index >= 15 is 0 Å². The smallest absolute Gasteiger partial charge is 0.125 e. The van der Waals surface area contributed by atoms with Crippen LogP contribution in [0.4, 0.5) is 0 Å². The molecule has 0 aromatic carbocycles. The Labute approximate surface area is 77.1 Å². The van der Waals surface area contributed by atoms with Gasteiger partial charge in [-0.15, -0.1) is 6.58 Å². The highest BCUT2D eigenvalue weighted by atomic mass is 16.7. The van der Waals surface area contributed by atoms with Crippen molar-refractivity contribution in [1.82, 2.24) is 5.06 Å². The minimum atomic E-state index is -0.322. The average Bonchev–Trinajstić information content (AvgIpc) is 2.56. The van der Waals surface area contributed by atoms with Crippen LogP contribution in [0.3, 0.4) is 0 Å². The topological polar surface area (TPSA) is 49.8 Å². The van der Waals surface area contributed by atoms with E-state index in [9.17, 15) is 4.79 Å². The fraction of sp³-hybridized carbons (Fsp3) is 0.556. The number of aliphatic hydroxyl groups is 1. The average molecular weight is 183 g/mol. The largest absolute Gasteiger partial charge is 0.394 e. The van der Waals surface area contributed by atoms with E-state index in [1.165, 1.54) is 0 Å². The molecule has 0 spiro atoms. The van der Waals surface area contributed by atoms with Gasteiger partial charge < -0.3 is 5.11 Å². The first kappa shape index (κ1) is 10.2. The predicted octanol–water partition coefficient (Wildman–Crippen LogP) is -0.0714. The monoisotopic (exact) mass is 183 g/mol. The Kier molecular flexibility index (Phi) is 3.86. The maximum atomic E-state index is 10.4. The number of rotatable bonds is 4. The lowest BCUT2D eigenvalue weighted by Gasteiger charge is -2.20. The second-order valence-electron chi connectivity index (χ2n) is 2.80. The molecule has 72 valence electrons. The van der Waals surface area contributed by atoms with Gasteiger partial charge in [-0.1, -0.05) is 6.08 Å². The van der Waals surface area contributed by atoms with Crippen LogP contribution in [0.25, 0.3) is 0 Å². The normalized spacial score (nSPS) is 23.2. The molecule has 4 heteroatoms. The quantitative estimate of drug-likeness (QED) is 0.489. The third kappa shape index (κ3) is 2.26. The molecule has 1 fully saturated rings. The van der Waals surface area contributed by atoms with E-state index in [2.05, 4.69) is 6.58 Å². The molecule has 1 atom stereocenters. The summed E-state index contributed by atoms with van der Waals surface area (Å²) in [5.41, 5.74) is 0.576. The maximum Gasteiger partial charge on any atom is 0.125 e. The van der Waals surface area contributed by atoms with Crippen LogP contribution in [0.5, 0.6) is 0 Å². The van der Waals surface area contributed by atoms with Crippen molar-refractivity contribution in [3.63, 3.8) is 0 Å². The minimum Gasteiger partial charge on any atom is -0.394 e. The molecule has 1 aliphatic rings. The first-order chi connectivity index (χ1) is 6.33. The molecule has 1 rings (SSSR count). The van der Waals surface area contributed by atoms with Gasteiger partial charge in [0.15, 0.2) is 0 Å². The second kappa shape index (κ2) is 4.94. The molecular formula is C9H13NO3. The molecule has 0 aromatic heterocycles. The van der Waals surface area contributed by atoms with Gasteiger partial charge in [0.25, 0.3) is 0 Å². The van der Waals surface area contributed by atoms with E-state index < -0.39 is 0 Å². The Morgan fingerprint density at radius 1 is 1.85 bits per heavy atom. The molecule has 0 amide bonds. The van der Waals surface area contributed by atoms with Gasteiger partial charge in [0.05, 0.1) is 19.3 Å². The van der Waals surface area contributed by atoms with E-state index in [1.54, 1.807) is 11.1 Å². The summed E-state index contributed by atoms with van der Waals surface area (Å²) in [7, 11) is 0. The zero-order chi connectivity index (χ0) is 9.68. The van der Waals surface area contributed by atoms with Gasteiger partial charge in [0, 0.05) is 12.1 Å². The van der Waals surface area contributed by atoms with Crippen molar-refractivity contribution >= 4 is 5.94 Å². The van der Waals surface area contributed by atoms with E-state index in [0.29, 0.717) is 25.1 Å². The van der Waals surface area contributed by atoms with Crippen LogP contribution >= 0.6 is 0 Å². The summed E-state index contributed by atoms with van der Waals surface area (Å²) in [6.45, 7) is 4.42. The summed E-state index contributed by atoms with van der Waals surface area (Å²) in [4.78, 5) is 15.7. The lowest BCUT2D eigenvalue weighted by Crippen LogP contribution is -2.33. The van der Waals surface area contributed by atoms with Crippen molar-refractivity contribution in [3.8, 4) is 0 Å². The lowest BCUT2D eigenvalue weighted by molar-refractivity contribution is -0.160. The number of aliphatic hydroxyl groups excluding tert-OH is 1. The lowest BCUT2D eigenvalue weighted by atomic mass is 10.1. The summed E-state index contributed by atoms with van der Waals surface area (Å²) in [5.74, 6) is 1.83. The molecule has 0 saturated carbocycles. The highest BCUT2D eigenvalue weighted by Crippen LogP contribution is 2.20. The summed E-state index contributed by atoms with van der Waals surface area (Å²) in [6, 6.07) is -0.322. The number of hydroxylamine groups is 2. The van der Waals surface area contributed by atoms with Gasteiger partial charge in [-0.05, 0) is 6.42 Å². The van der Waals surface area contributed by atoms with Gasteiger partial charge >= 0.3 is 0 Å². The molecule has 1 heterocycles. The molecule has 0 bridgehead atoms. The predicted molar refractivity (Wildman–Crippen MR) is 47.6 cm³/mol. The van der Waals surface area contributed by atoms with Gasteiger partial charge in [0.2, 0.25) is 0 Å². The van der Waals surface area contributed by atoms with E-state index in [-0.39, 0.29) is 12.6 Å². The SMILES string of the molecule is C=CCON1CCC(=C=O)[C@H]1CO. The number of carbonyl (C=O) groups excluding carboxylic acids is 1. The standard InChI is InChI=1S/C9H13NO3/c1-2-5-13-10-4-3-8(6-11)9(10)7-12/h2,9,12H,1,3-5,7H2/t9-/m1/s1. The Morgan fingerprint density at radius 2 is 2.62 bits per heavy atom. The molecule has 4 nitrogen and oxygen atoms in total. The molecule has 1 N–H and O–H groups in total. The zero-order valence-corrected chi connectivity index (χ0v) is 7.40. The van der Waals surface area contributed by atoms with Crippen molar-refractivity contribution in [2.45, 2.75) is 12.5 Å². The number of nitrogens with zero attached hydrogens (tertiary/aromatic N) is 1.